The molecule has 19 heavy (non-hydrogen) atoms. The van der Waals surface area contributed by atoms with Gasteiger partial charge in [0.15, 0.2) is 5.69 Å². The average molecular weight is 277 g/mol. The Morgan fingerprint density at radius 2 is 2.00 bits per heavy atom. The van der Waals surface area contributed by atoms with Gasteiger partial charge in [-0.3, -0.25) is 0 Å². The van der Waals surface area contributed by atoms with Crippen LogP contribution in [0.2, 0.25) is 5.02 Å². The van der Waals surface area contributed by atoms with Crippen LogP contribution in [-0.4, -0.2) is 18.1 Å². The van der Waals surface area contributed by atoms with Gasteiger partial charge in [0, 0.05) is 11.6 Å². The first-order valence-electron chi connectivity index (χ1n) is 5.73. The van der Waals surface area contributed by atoms with Crippen molar-refractivity contribution in [2.45, 2.75) is 6.54 Å². The van der Waals surface area contributed by atoms with Crippen molar-refractivity contribution in [1.29, 1.82) is 0 Å². The summed E-state index contributed by atoms with van der Waals surface area (Å²) in [6, 6.07) is 12.7. The maximum Gasteiger partial charge on any atom is 0.356 e. The number of pyridine rings is 1. The first-order chi connectivity index (χ1) is 9.19. The van der Waals surface area contributed by atoms with Gasteiger partial charge in [-0.1, -0.05) is 29.8 Å². The normalized spacial score (nSPS) is 10.0. The van der Waals surface area contributed by atoms with Gasteiger partial charge in [0.2, 0.25) is 0 Å². The molecule has 0 fully saturated rings. The molecule has 0 bridgehead atoms. The van der Waals surface area contributed by atoms with E-state index in [0.717, 1.165) is 5.56 Å². The van der Waals surface area contributed by atoms with Crippen LogP contribution in [0, 0.1) is 0 Å². The van der Waals surface area contributed by atoms with Crippen LogP contribution in [0.1, 0.15) is 16.1 Å². The number of hydrogen-bond donors (Lipinski definition) is 1. The number of esters is 1. The van der Waals surface area contributed by atoms with Gasteiger partial charge < -0.3 is 10.1 Å². The molecule has 1 heterocycles. The molecule has 0 aliphatic heterocycles. The Hall–Kier alpha value is -2.07. The van der Waals surface area contributed by atoms with Crippen LogP contribution in [0.4, 0.5) is 5.82 Å². The van der Waals surface area contributed by atoms with Crippen LogP contribution in [0.5, 0.6) is 0 Å². The Morgan fingerprint density at radius 1 is 1.26 bits per heavy atom. The van der Waals surface area contributed by atoms with Gasteiger partial charge in [0.25, 0.3) is 0 Å². The molecule has 0 spiro atoms. The fourth-order valence-electron chi connectivity index (χ4n) is 1.55. The molecule has 1 aromatic heterocycles. The molecule has 0 saturated carbocycles. The zero-order valence-corrected chi connectivity index (χ0v) is 11.1. The summed E-state index contributed by atoms with van der Waals surface area (Å²) in [6.07, 6.45) is 0. The van der Waals surface area contributed by atoms with Crippen molar-refractivity contribution in [2.75, 3.05) is 12.4 Å². The summed E-state index contributed by atoms with van der Waals surface area (Å²) in [7, 11) is 1.33. The highest BCUT2D eigenvalue weighted by atomic mass is 35.5. The van der Waals surface area contributed by atoms with Crippen molar-refractivity contribution in [2.24, 2.45) is 0 Å². The fourth-order valence-corrected chi connectivity index (χ4v) is 1.67. The first kappa shape index (κ1) is 13.4. The lowest BCUT2D eigenvalue weighted by Crippen LogP contribution is -2.07. The van der Waals surface area contributed by atoms with Crippen molar-refractivity contribution in [3.8, 4) is 0 Å². The Balaban J connectivity index is 2.03. The maximum atomic E-state index is 11.4. The lowest BCUT2D eigenvalue weighted by atomic mass is 10.2. The molecule has 0 radical (unpaired) electrons. The summed E-state index contributed by atoms with van der Waals surface area (Å²) < 4.78 is 4.62. The third kappa shape index (κ3) is 3.69. The smallest absolute Gasteiger partial charge is 0.356 e. The molecule has 0 aliphatic carbocycles. The largest absolute Gasteiger partial charge is 0.464 e. The number of aromatic nitrogens is 1. The molecule has 0 amide bonds. The fraction of sp³-hybridized carbons (Fsp3) is 0.143. The first-order valence-corrected chi connectivity index (χ1v) is 6.10. The summed E-state index contributed by atoms with van der Waals surface area (Å²) in [4.78, 5) is 15.5. The molecule has 5 heteroatoms. The molecule has 2 rings (SSSR count). The summed E-state index contributed by atoms with van der Waals surface area (Å²) in [6.45, 7) is 0.606. The predicted molar refractivity (Wildman–Crippen MR) is 74.4 cm³/mol. The van der Waals surface area contributed by atoms with Crippen LogP contribution in [0.15, 0.2) is 42.5 Å². The van der Waals surface area contributed by atoms with Gasteiger partial charge in [-0.25, -0.2) is 9.78 Å². The van der Waals surface area contributed by atoms with Crippen molar-refractivity contribution < 1.29 is 9.53 Å². The van der Waals surface area contributed by atoms with Crippen LogP contribution in [0.25, 0.3) is 0 Å². The molecule has 0 saturated heterocycles. The Kier molecular flexibility index (Phi) is 4.36. The number of benzene rings is 1. The minimum absolute atomic E-state index is 0.281. The summed E-state index contributed by atoms with van der Waals surface area (Å²) in [5.41, 5.74) is 1.36. The van der Waals surface area contributed by atoms with Crippen molar-refractivity contribution >= 4 is 23.4 Å². The lowest BCUT2D eigenvalue weighted by Gasteiger charge is -2.07. The van der Waals surface area contributed by atoms with Crippen molar-refractivity contribution in [3.63, 3.8) is 0 Å². The summed E-state index contributed by atoms with van der Waals surface area (Å²) in [5.74, 6) is 0.174. The molecule has 0 atom stereocenters. The van der Waals surface area contributed by atoms with Crippen LogP contribution >= 0.6 is 11.6 Å². The number of methoxy groups -OCH3 is 1. The SMILES string of the molecule is COC(=O)c1cccc(NCc2ccc(Cl)cc2)n1. The second-order valence-corrected chi connectivity index (χ2v) is 4.32. The maximum absolute atomic E-state index is 11.4. The number of hydrogen-bond acceptors (Lipinski definition) is 4. The van der Waals surface area contributed by atoms with E-state index in [1.165, 1.54) is 7.11 Å². The van der Waals surface area contributed by atoms with Gasteiger partial charge >= 0.3 is 5.97 Å². The third-order valence-electron chi connectivity index (χ3n) is 2.53. The minimum Gasteiger partial charge on any atom is -0.464 e. The van der Waals surface area contributed by atoms with Gasteiger partial charge in [0.05, 0.1) is 7.11 Å². The lowest BCUT2D eigenvalue weighted by molar-refractivity contribution is 0.0594. The molecule has 0 unspecified atom stereocenters. The van der Waals surface area contributed by atoms with Crippen LogP contribution in [-0.2, 0) is 11.3 Å². The highest BCUT2D eigenvalue weighted by Gasteiger charge is 2.07. The Labute approximate surface area is 116 Å². The number of rotatable bonds is 4. The minimum atomic E-state index is -0.449. The van der Waals surface area contributed by atoms with E-state index in [1.807, 2.05) is 24.3 Å². The van der Waals surface area contributed by atoms with Crippen molar-refractivity contribution in [3.05, 3.63) is 58.7 Å². The van der Waals surface area contributed by atoms with E-state index >= 15 is 0 Å². The van der Waals surface area contributed by atoms with Crippen LogP contribution < -0.4 is 5.32 Å². The topological polar surface area (TPSA) is 51.2 Å². The van der Waals surface area contributed by atoms with Gasteiger partial charge in [-0.15, -0.1) is 0 Å². The molecular formula is C14H13ClN2O2. The number of anilines is 1. The second-order valence-electron chi connectivity index (χ2n) is 3.88. The Morgan fingerprint density at radius 3 is 2.68 bits per heavy atom. The van der Waals surface area contributed by atoms with E-state index in [9.17, 15) is 4.79 Å². The van der Waals surface area contributed by atoms with E-state index in [0.29, 0.717) is 17.4 Å². The molecule has 0 aliphatic rings. The van der Waals surface area contributed by atoms with Gasteiger partial charge in [0.1, 0.15) is 5.82 Å². The Bertz CT molecular complexity index is 570. The van der Waals surface area contributed by atoms with Gasteiger partial charge in [-0.2, -0.15) is 0 Å². The third-order valence-corrected chi connectivity index (χ3v) is 2.78. The standard InChI is InChI=1S/C14H13ClN2O2/c1-19-14(18)12-3-2-4-13(17-12)16-9-10-5-7-11(15)8-6-10/h2-8H,9H2,1H3,(H,16,17). The number of nitrogens with zero attached hydrogens (tertiary/aromatic N) is 1. The number of halogens is 1. The number of carbonyl (C=O) groups is 1. The monoisotopic (exact) mass is 276 g/mol. The highest BCUT2D eigenvalue weighted by molar-refractivity contribution is 6.30. The quantitative estimate of drug-likeness (QED) is 0.872. The van der Waals surface area contributed by atoms with Gasteiger partial charge in [-0.05, 0) is 29.8 Å². The van der Waals surface area contributed by atoms with E-state index in [2.05, 4.69) is 15.0 Å². The summed E-state index contributed by atoms with van der Waals surface area (Å²) >= 11 is 5.82. The predicted octanol–water partition coefficient (Wildman–Crippen LogP) is 3.13. The number of carbonyl (C=O) groups excluding carboxylic acids is 1. The number of nitrogens with one attached hydrogen (secondary N) is 1. The zero-order valence-electron chi connectivity index (χ0n) is 10.4. The van der Waals surface area contributed by atoms with E-state index in [-0.39, 0.29) is 5.69 Å². The van der Waals surface area contributed by atoms with E-state index in [1.54, 1.807) is 18.2 Å². The highest BCUT2D eigenvalue weighted by Crippen LogP contribution is 2.12. The summed E-state index contributed by atoms with van der Waals surface area (Å²) in [5, 5.41) is 3.84. The molecule has 1 aromatic carbocycles. The molecule has 98 valence electrons. The molecule has 4 nitrogen and oxygen atoms in total. The average Bonchev–Trinajstić information content (AvgIpc) is 2.46. The van der Waals surface area contributed by atoms with Crippen molar-refractivity contribution in [1.82, 2.24) is 4.98 Å². The van der Waals surface area contributed by atoms with Crippen LogP contribution in [0.3, 0.4) is 0 Å². The van der Waals surface area contributed by atoms with E-state index in [4.69, 9.17) is 11.6 Å². The second kappa shape index (κ2) is 6.20. The molecule has 2 aromatic rings. The number of ether oxygens (including phenoxy) is 1. The zero-order chi connectivity index (χ0) is 13.7. The van der Waals surface area contributed by atoms with E-state index < -0.39 is 5.97 Å². The molecular weight excluding hydrogens is 264 g/mol. The molecule has 1 N–H and O–H groups in total.